The zero-order valence-electron chi connectivity index (χ0n) is 24.4. The molecule has 6 rings (SSSR count). The van der Waals surface area contributed by atoms with Crippen molar-refractivity contribution in [1.29, 1.82) is 0 Å². The van der Waals surface area contributed by atoms with E-state index in [2.05, 4.69) is 23.2 Å². The highest BCUT2D eigenvalue weighted by molar-refractivity contribution is 7.22. The summed E-state index contributed by atoms with van der Waals surface area (Å²) in [6, 6.07) is 21.9. The Morgan fingerprint density at radius 3 is 2.48 bits per heavy atom. The van der Waals surface area contributed by atoms with E-state index in [1.165, 1.54) is 0 Å². The van der Waals surface area contributed by atoms with E-state index in [9.17, 15) is 4.79 Å². The molecule has 0 saturated heterocycles. The molecule has 6 aromatic rings. The number of thiazole rings is 1. The second kappa shape index (κ2) is 10.7. The molecule has 3 aromatic heterocycles. The first kappa shape index (κ1) is 28.2. The van der Waals surface area contributed by atoms with E-state index in [0.29, 0.717) is 5.02 Å². The maximum absolute atomic E-state index is 13.1. The summed E-state index contributed by atoms with van der Waals surface area (Å²) < 4.78 is 9.25. The second-order valence-corrected chi connectivity index (χ2v) is 12.9. The highest BCUT2D eigenvalue weighted by Gasteiger charge is 2.30. The molecule has 0 aliphatic carbocycles. The number of ether oxygens (including phenoxy) is 1. The van der Waals surface area contributed by atoms with Gasteiger partial charge in [0.2, 0.25) is 0 Å². The Morgan fingerprint density at radius 2 is 1.76 bits per heavy atom. The van der Waals surface area contributed by atoms with Gasteiger partial charge in [0, 0.05) is 40.3 Å². The molecule has 212 valence electrons. The monoisotopic (exact) mass is 594 g/mol. The van der Waals surface area contributed by atoms with Gasteiger partial charge in [0.05, 0.1) is 27.0 Å². The van der Waals surface area contributed by atoms with Crippen molar-refractivity contribution in [2.24, 2.45) is 7.05 Å². The number of para-hydroxylation sites is 1. The molecule has 3 aromatic carbocycles. The number of carbonyl (C=O) groups excluding carboxylic acids is 1. The molecule has 3 heterocycles. The summed E-state index contributed by atoms with van der Waals surface area (Å²) >= 11 is 7.87. The minimum atomic E-state index is -0.726. The van der Waals surface area contributed by atoms with Crippen molar-refractivity contribution in [2.75, 3.05) is 0 Å². The van der Waals surface area contributed by atoms with Gasteiger partial charge in [0.25, 0.3) is 0 Å². The van der Waals surface area contributed by atoms with Gasteiger partial charge in [-0.15, -0.1) is 11.3 Å². The van der Waals surface area contributed by atoms with Crippen LogP contribution in [0.2, 0.25) is 5.02 Å². The quantitative estimate of drug-likeness (QED) is 0.192. The standard InChI is InChI=1S/C34H31ClN4O2S/c1-19-17-26-32(29(21-11-13-23(35)14-12-21)28(19)31(20(2)40)41-34(3,4)5)42-33(37-26)22-15-16-36-25(18-22)30-24-9-7-8-10-27(24)39(6)38-30/h7-18,31H,1-6H3/t31-/m1/s1. The second-order valence-electron chi connectivity index (χ2n) is 11.5. The summed E-state index contributed by atoms with van der Waals surface area (Å²) in [5, 5.41) is 7.32. The summed E-state index contributed by atoms with van der Waals surface area (Å²) in [7, 11) is 1.94. The molecular formula is C34H31ClN4O2S. The van der Waals surface area contributed by atoms with Gasteiger partial charge >= 0.3 is 0 Å². The summed E-state index contributed by atoms with van der Waals surface area (Å²) in [4.78, 5) is 22.8. The van der Waals surface area contributed by atoms with Crippen molar-refractivity contribution < 1.29 is 9.53 Å². The minimum Gasteiger partial charge on any atom is -0.360 e. The van der Waals surface area contributed by atoms with Crippen LogP contribution in [0.25, 0.3) is 54.2 Å². The van der Waals surface area contributed by atoms with Gasteiger partial charge in [-0.05, 0) is 82.1 Å². The van der Waals surface area contributed by atoms with Crippen LogP contribution in [-0.4, -0.2) is 31.1 Å². The number of ketones is 1. The van der Waals surface area contributed by atoms with Gasteiger partial charge in [-0.3, -0.25) is 14.5 Å². The van der Waals surface area contributed by atoms with Gasteiger partial charge in [0.15, 0.2) is 5.78 Å². The van der Waals surface area contributed by atoms with Crippen molar-refractivity contribution in [3.05, 3.63) is 89.1 Å². The highest BCUT2D eigenvalue weighted by Crippen LogP contribution is 2.44. The molecule has 0 aliphatic heterocycles. The zero-order chi connectivity index (χ0) is 29.8. The number of Topliss-reactive ketones (excluding diaryl/α,β-unsaturated/α-hetero) is 1. The number of hydrogen-bond donors (Lipinski definition) is 0. The maximum Gasteiger partial charge on any atom is 0.163 e. The number of aromatic nitrogens is 4. The van der Waals surface area contributed by atoms with Gasteiger partial charge in [-0.2, -0.15) is 5.10 Å². The fraction of sp³-hybridized carbons (Fsp3) is 0.235. The third kappa shape index (κ3) is 5.24. The molecule has 0 fully saturated rings. The molecule has 0 radical (unpaired) electrons. The third-order valence-corrected chi connectivity index (χ3v) is 8.56. The SMILES string of the molecule is CC(=O)[C@@H](OC(C)(C)C)c1c(C)cc2nc(-c3ccnc(-c4nn(C)c5ccccc45)c3)sc2c1-c1ccc(Cl)cc1. The molecule has 0 bridgehead atoms. The highest BCUT2D eigenvalue weighted by atomic mass is 35.5. The van der Waals surface area contributed by atoms with Gasteiger partial charge in [-0.25, -0.2) is 4.98 Å². The predicted molar refractivity (Wildman–Crippen MR) is 172 cm³/mol. The number of carbonyl (C=O) groups is 1. The van der Waals surface area contributed by atoms with Gasteiger partial charge in [0.1, 0.15) is 16.8 Å². The molecule has 0 unspecified atom stereocenters. The number of hydrogen-bond acceptors (Lipinski definition) is 6. The first-order valence-electron chi connectivity index (χ1n) is 13.8. The molecule has 0 spiro atoms. The lowest BCUT2D eigenvalue weighted by Gasteiger charge is -2.29. The zero-order valence-corrected chi connectivity index (χ0v) is 26.0. The van der Waals surface area contributed by atoms with Gasteiger partial charge in [-0.1, -0.05) is 41.9 Å². The number of pyridine rings is 1. The third-order valence-electron chi connectivity index (χ3n) is 7.17. The lowest BCUT2D eigenvalue weighted by atomic mass is 9.90. The number of benzene rings is 3. The molecule has 6 nitrogen and oxygen atoms in total. The topological polar surface area (TPSA) is 69.9 Å². The predicted octanol–water partition coefficient (Wildman–Crippen LogP) is 8.99. The Kier molecular flexibility index (Phi) is 7.21. The fourth-order valence-corrected chi connectivity index (χ4v) is 6.62. The van der Waals surface area contributed by atoms with Crippen molar-refractivity contribution in [3.63, 3.8) is 0 Å². The maximum atomic E-state index is 13.1. The summed E-state index contributed by atoms with van der Waals surface area (Å²) in [5.41, 5.74) is 7.67. The van der Waals surface area contributed by atoms with Crippen molar-refractivity contribution in [1.82, 2.24) is 19.7 Å². The van der Waals surface area contributed by atoms with Crippen LogP contribution in [0.1, 0.15) is 44.9 Å². The Morgan fingerprint density at radius 1 is 1.02 bits per heavy atom. The van der Waals surface area contributed by atoms with E-state index in [4.69, 9.17) is 26.4 Å². The van der Waals surface area contributed by atoms with Crippen LogP contribution < -0.4 is 0 Å². The van der Waals surface area contributed by atoms with Crippen LogP contribution in [0, 0.1) is 6.92 Å². The van der Waals surface area contributed by atoms with Crippen molar-refractivity contribution in [2.45, 2.75) is 46.3 Å². The van der Waals surface area contributed by atoms with E-state index in [-0.39, 0.29) is 5.78 Å². The smallest absolute Gasteiger partial charge is 0.163 e. The van der Waals surface area contributed by atoms with Gasteiger partial charge < -0.3 is 4.74 Å². The molecule has 1 atom stereocenters. The van der Waals surface area contributed by atoms with Crippen molar-refractivity contribution >= 4 is 49.8 Å². The van der Waals surface area contributed by atoms with Crippen LogP contribution in [0.15, 0.2) is 72.9 Å². The summed E-state index contributed by atoms with van der Waals surface area (Å²) in [5.74, 6) is -0.0475. The van der Waals surface area contributed by atoms with E-state index in [1.807, 2.05) is 88.0 Å². The molecule has 0 amide bonds. The van der Waals surface area contributed by atoms with Crippen LogP contribution in [0.5, 0.6) is 0 Å². The van der Waals surface area contributed by atoms with E-state index >= 15 is 0 Å². The van der Waals surface area contributed by atoms with Crippen LogP contribution in [0.3, 0.4) is 0 Å². The molecule has 0 N–H and O–H groups in total. The Bertz CT molecular complexity index is 1970. The number of halogens is 1. The number of rotatable bonds is 6. The Labute approximate surface area is 254 Å². The first-order chi connectivity index (χ1) is 20.0. The molecular weight excluding hydrogens is 564 g/mol. The first-order valence-corrected chi connectivity index (χ1v) is 15.0. The van der Waals surface area contributed by atoms with E-state index in [0.717, 1.165) is 65.3 Å². The summed E-state index contributed by atoms with van der Waals surface area (Å²) in [6.45, 7) is 9.51. The minimum absolute atomic E-state index is 0.0475. The van der Waals surface area contributed by atoms with Crippen LogP contribution >= 0.6 is 22.9 Å². The van der Waals surface area contributed by atoms with E-state index < -0.39 is 11.7 Å². The van der Waals surface area contributed by atoms with Crippen molar-refractivity contribution in [3.8, 4) is 33.1 Å². The lowest BCUT2D eigenvalue weighted by molar-refractivity contribution is -0.138. The largest absolute Gasteiger partial charge is 0.360 e. The summed E-state index contributed by atoms with van der Waals surface area (Å²) in [6.07, 6.45) is 1.08. The van der Waals surface area contributed by atoms with E-state index in [1.54, 1.807) is 24.5 Å². The molecule has 42 heavy (non-hydrogen) atoms. The molecule has 8 heteroatoms. The Hall–Kier alpha value is -3.91. The number of aryl methyl sites for hydroxylation is 2. The molecule has 0 saturated carbocycles. The van der Waals surface area contributed by atoms with Crippen LogP contribution in [0.4, 0.5) is 0 Å². The van der Waals surface area contributed by atoms with Crippen LogP contribution in [-0.2, 0) is 16.6 Å². The number of nitrogens with zero attached hydrogens (tertiary/aromatic N) is 4. The lowest BCUT2D eigenvalue weighted by Crippen LogP contribution is -2.27. The number of fused-ring (bicyclic) bond motifs is 2. The average Bonchev–Trinajstić information content (AvgIpc) is 3.52. The Balaban J connectivity index is 1.56. The normalized spacial score (nSPS) is 12.7. The fourth-order valence-electron chi connectivity index (χ4n) is 5.37. The molecule has 0 aliphatic rings. The average molecular weight is 595 g/mol.